The van der Waals surface area contributed by atoms with Gasteiger partial charge in [-0.15, -0.1) is 0 Å². The first kappa shape index (κ1) is 17.6. The first-order valence-corrected chi connectivity index (χ1v) is 8.37. The van der Waals surface area contributed by atoms with E-state index >= 15 is 0 Å². The first-order valence-electron chi connectivity index (χ1n) is 8.37. The molecule has 0 fully saturated rings. The molecule has 1 amide bonds. The number of aliphatic hydroxyl groups is 1. The molecule has 0 unspecified atom stereocenters. The highest BCUT2D eigenvalue weighted by atomic mass is 16.5. The molecule has 1 heterocycles. The van der Waals surface area contributed by atoms with Crippen LogP contribution in [0.4, 0.5) is 5.69 Å². The van der Waals surface area contributed by atoms with E-state index in [1.54, 1.807) is 11.0 Å². The Labute approximate surface area is 138 Å². The molecule has 0 saturated heterocycles. The third-order valence-corrected chi connectivity index (χ3v) is 4.40. The van der Waals surface area contributed by atoms with Crippen LogP contribution in [0.1, 0.15) is 53.0 Å². The van der Waals surface area contributed by atoms with Gasteiger partial charge in [0.25, 0.3) is 5.91 Å². The zero-order valence-electron chi connectivity index (χ0n) is 14.7. The molecule has 0 bridgehead atoms. The summed E-state index contributed by atoms with van der Waals surface area (Å²) >= 11 is 0. The number of nitrogens with zero attached hydrogens (tertiary/aromatic N) is 1. The minimum atomic E-state index is -0.857. The van der Waals surface area contributed by atoms with E-state index in [1.165, 1.54) is 0 Å². The van der Waals surface area contributed by atoms with Crippen LogP contribution in [0, 0.1) is 0 Å². The Balaban J connectivity index is 2.69. The number of aliphatic hydroxyl groups excluding tert-OH is 1. The van der Waals surface area contributed by atoms with Crippen LogP contribution in [0.5, 0.6) is 11.5 Å². The number of fused-ring (bicyclic) bond motifs is 1. The van der Waals surface area contributed by atoms with Gasteiger partial charge in [-0.05, 0) is 51.3 Å². The summed E-state index contributed by atoms with van der Waals surface area (Å²) in [6.07, 6.45) is 1.19. The zero-order chi connectivity index (χ0) is 17.2. The molecule has 0 aliphatic carbocycles. The number of anilines is 1. The molecular weight excluding hydrogens is 294 g/mol. The number of hydrogen-bond acceptors (Lipinski definition) is 4. The lowest BCUT2D eigenvalue weighted by Gasteiger charge is -2.44. The monoisotopic (exact) mass is 321 g/mol. The van der Waals surface area contributed by atoms with Crippen molar-refractivity contribution < 1.29 is 19.4 Å². The molecule has 0 radical (unpaired) electrons. The zero-order valence-corrected chi connectivity index (χ0v) is 14.7. The second-order valence-electron chi connectivity index (χ2n) is 6.11. The lowest BCUT2D eigenvalue weighted by Crippen LogP contribution is -2.57. The van der Waals surface area contributed by atoms with Crippen LogP contribution in [0.15, 0.2) is 12.1 Å². The van der Waals surface area contributed by atoms with E-state index in [4.69, 9.17) is 9.47 Å². The highest BCUT2D eigenvalue weighted by Gasteiger charge is 2.47. The van der Waals surface area contributed by atoms with Gasteiger partial charge in [0.2, 0.25) is 0 Å². The fourth-order valence-corrected chi connectivity index (χ4v) is 3.06. The summed E-state index contributed by atoms with van der Waals surface area (Å²) in [6, 6.07) is 3.59. The van der Waals surface area contributed by atoms with Crippen molar-refractivity contribution in [2.45, 2.75) is 65.7 Å². The molecule has 1 N–H and O–H groups in total. The third-order valence-electron chi connectivity index (χ3n) is 4.40. The van der Waals surface area contributed by atoms with Gasteiger partial charge in [-0.3, -0.25) is 4.79 Å². The first-order chi connectivity index (χ1) is 10.9. The van der Waals surface area contributed by atoms with Gasteiger partial charge < -0.3 is 19.5 Å². The number of ether oxygens (including phenoxy) is 2. The summed E-state index contributed by atoms with van der Waals surface area (Å²) in [4.78, 5) is 14.9. The van der Waals surface area contributed by atoms with Crippen LogP contribution in [-0.2, 0) is 11.4 Å². The SMILES string of the molecule is CCOc1cc(CO)cc2c1OC(CC)(CC)C(=O)N2C(C)C. The van der Waals surface area contributed by atoms with E-state index in [1.807, 2.05) is 40.7 Å². The molecule has 23 heavy (non-hydrogen) atoms. The quantitative estimate of drug-likeness (QED) is 0.873. The Hall–Kier alpha value is -1.75. The number of amides is 1. The molecule has 5 nitrogen and oxygen atoms in total. The molecule has 1 aliphatic rings. The van der Waals surface area contributed by atoms with E-state index in [2.05, 4.69) is 0 Å². The maximum Gasteiger partial charge on any atom is 0.271 e. The highest BCUT2D eigenvalue weighted by Crippen LogP contribution is 2.47. The summed E-state index contributed by atoms with van der Waals surface area (Å²) in [6.45, 7) is 10.2. The van der Waals surface area contributed by atoms with Gasteiger partial charge in [0, 0.05) is 6.04 Å². The van der Waals surface area contributed by atoms with Crippen LogP contribution in [-0.4, -0.2) is 29.3 Å². The normalized spacial score (nSPS) is 16.3. The van der Waals surface area contributed by atoms with Gasteiger partial charge in [-0.2, -0.15) is 0 Å². The average molecular weight is 321 g/mol. The van der Waals surface area contributed by atoms with Gasteiger partial charge in [-0.1, -0.05) is 13.8 Å². The molecule has 5 heteroatoms. The van der Waals surface area contributed by atoms with E-state index in [-0.39, 0.29) is 18.6 Å². The van der Waals surface area contributed by atoms with Crippen LogP contribution in [0.3, 0.4) is 0 Å². The lowest BCUT2D eigenvalue weighted by molar-refractivity contribution is -0.136. The van der Waals surface area contributed by atoms with Crippen molar-refractivity contribution >= 4 is 11.6 Å². The predicted molar refractivity (Wildman–Crippen MR) is 90.1 cm³/mol. The number of hydrogen-bond donors (Lipinski definition) is 1. The van der Waals surface area contributed by atoms with E-state index < -0.39 is 5.60 Å². The number of carbonyl (C=O) groups excluding carboxylic acids is 1. The molecule has 1 aromatic carbocycles. The van der Waals surface area contributed by atoms with E-state index in [9.17, 15) is 9.90 Å². The lowest BCUT2D eigenvalue weighted by atomic mass is 9.91. The second kappa shape index (κ2) is 6.79. The number of carbonyl (C=O) groups is 1. The van der Waals surface area contributed by atoms with Gasteiger partial charge in [0.05, 0.1) is 18.9 Å². The van der Waals surface area contributed by atoms with Crippen molar-refractivity contribution in [2.75, 3.05) is 11.5 Å². The fraction of sp³-hybridized carbons (Fsp3) is 0.611. The standard InChI is InChI=1S/C18H27NO4/c1-6-18(7-2)17(21)19(12(4)5)14-9-13(11-20)10-15(22-8-3)16(14)23-18/h9-10,12,20H,6-8,11H2,1-5H3. The average Bonchev–Trinajstić information content (AvgIpc) is 2.54. The van der Waals surface area contributed by atoms with Crippen LogP contribution in [0.25, 0.3) is 0 Å². The Bertz CT molecular complexity index is 579. The molecule has 1 aromatic rings. The number of benzene rings is 1. The maximum absolute atomic E-state index is 13.1. The largest absolute Gasteiger partial charge is 0.490 e. The number of rotatable bonds is 6. The molecule has 0 saturated carbocycles. The predicted octanol–water partition coefficient (Wildman–Crippen LogP) is 3.27. The van der Waals surface area contributed by atoms with Gasteiger partial charge >= 0.3 is 0 Å². The van der Waals surface area contributed by atoms with Gasteiger partial charge in [-0.25, -0.2) is 0 Å². The fourth-order valence-electron chi connectivity index (χ4n) is 3.06. The molecule has 1 aliphatic heterocycles. The minimum absolute atomic E-state index is 0.00829. The van der Waals surface area contributed by atoms with E-state index in [0.717, 1.165) is 0 Å². The molecule has 0 atom stereocenters. The Morgan fingerprint density at radius 3 is 2.39 bits per heavy atom. The molecule has 128 valence electrons. The Morgan fingerprint density at radius 1 is 1.26 bits per heavy atom. The van der Waals surface area contributed by atoms with Crippen molar-refractivity contribution in [2.24, 2.45) is 0 Å². The van der Waals surface area contributed by atoms with Crippen LogP contribution < -0.4 is 14.4 Å². The van der Waals surface area contributed by atoms with E-state index in [0.29, 0.717) is 42.2 Å². The van der Waals surface area contributed by atoms with Crippen molar-refractivity contribution in [3.63, 3.8) is 0 Å². The summed E-state index contributed by atoms with van der Waals surface area (Å²) in [7, 11) is 0. The molecule has 2 rings (SSSR count). The summed E-state index contributed by atoms with van der Waals surface area (Å²) in [5.74, 6) is 1.15. The molecular formula is C18H27NO4. The van der Waals surface area contributed by atoms with Crippen molar-refractivity contribution in [1.82, 2.24) is 0 Å². The Morgan fingerprint density at radius 2 is 1.91 bits per heavy atom. The van der Waals surface area contributed by atoms with Crippen molar-refractivity contribution in [3.05, 3.63) is 17.7 Å². The van der Waals surface area contributed by atoms with Gasteiger partial charge in [0.15, 0.2) is 17.1 Å². The summed E-state index contributed by atoms with van der Waals surface area (Å²) in [5.41, 5.74) is 0.524. The highest BCUT2D eigenvalue weighted by molar-refractivity contribution is 6.04. The van der Waals surface area contributed by atoms with Crippen molar-refractivity contribution in [1.29, 1.82) is 0 Å². The van der Waals surface area contributed by atoms with Crippen molar-refractivity contribution in [3.8, 4) is 11.5 Å². The second-order valence-corrected chi connectivity index (χ2v) is 6.11. The minimum Gasteiger partial charge on any atom is -0.490 e. The summed E-state index contributed by atoms with van der Waals surface area (Å²) < 4.78 is 11.9. The van der Waals surface area contributed by atoms with Crippen LogP contribution in [0.2, 0.25) is 0 Å². The summed E-state index contributed by atoms with van der Waals surface area (Å²) in [5, 5.41) is 9.52. The Kier molecular flexibility index (Phi) is 5.19. The van der Waals surface area contributed by atoms with Crippen LogP contribution >= 0.6 is 0 Å². The topological polar surface area (TPSA) is 59.0 Å². The molecule has 0 aromatic heterocycles. The molecule has 0 spiro atoms. The van der Waals surface area contributed by atoms with Gasteiger partial charge in [0.1, 0.15) is 0 Å². The smallest absolute Gasteiger partial charge is 0.271 e. The third kappa shape index (κ3) is 2.90. The maximum atomic E-state index is 13.1.